The lowest BCUT2D eigenvalue weighted by Gasteiger charge is -2.05. The third-order valence-corrected chi connectivity index (χ3v) is 3.72. The summed E-state index contributed by atoms with van der Waals surface area (Å²) in [6, 6.07) is 0. The largest absolute Gasteiger partial charge is 0.356 e. The number of rotatable bonds is 7. The van der Waals surface area contributed by atoms with Gasteiger partial charge in [-0.1, -0.05) is 11.6 Å². The lowest BCUT2D eigenvalue weighted by molar-refractivity contribution is -0.121. The van der Waals surface area contributed by atoms with E-state index in [1.54, 1.807) is 21.8 Å². The van der Waals surface area contributed by atoms with Gasteiger partial charge in [0.1, 0.15) is 0 Å². The molecule has 0 saturated heterocycles. The number of carbonyl (C=O) groups is 1. The zero-order valence-electron chi connectivity index (χ0n) is 11.7. The molecule has 2 aromatic rings. The second-order valence-electron chi connectivity index (χ2n) is 4.70. The second-order valence-corrected chi connectivity index (χ2v) is 6.02. The summed E-state index contributed by atoms with van der Waals surface area (Å²) >= 11 is 9.25. The van der Waals surface area contributed by atoms with E-state index < -0.39 is 0 Å². The van der Waals surface area contributed by atoms with Crippen molar-refractivity contribution in [2.24, 2.45) is 0 Å². The number of carbonyl (C=O) groups excluding carboxylic acids is 1. The standard InChI is InChI=1S/C13H17BrClN5O/c1-10-12(15)9-20(18-10)5-2-4-16-13(21)3-6-19-8-11(14)7-17-19/h7-9H,2-6H2,1H3,(H,16,21). The molecule has 0 aliphatic heterocycles. The van der Waals surface area contributed by atoms with Crippen molar-refractivity contribution in [1.82, 2.24) is 24.9 Å². The fraction of sp³-hybridized carbons (Fsp3) is 0.462. The van der Waals surface area contributed by atoms with Crippen molar-refractivity contribution in [2.75, 3.05) is 6.54 Å². The molecule has 21 heavy (non-hydrogen) atoms. The summed E-state index contributed by atoms with van der Waals surface area (Å²) < 4.78 is 4.44. The SMILES string of the molecule is Cc1nn(CCCNC(=O)CCn2cc(Br)cn2)cc1Cl. The number of aromatic nitrogens is 4. The predicted molar refractivity (Wildman–Crippen MR) is 84.1 cm³/mol. The van der Waals surface area contributed by atoms with Crippen LogP contribution in [0.4, 0.5) is 0 Å². The van der Waals surface area contributed by atoms with Gasteiger partial charge in [-0.3, -0.25) is 14.2 Å². The normalized spacial score (nSPS) is 10.8. The number of nitrogens with zero attached hydrogens (tertiary/aromatic N) is 4. The molecule has 8 heteroatoms. The summed E-state index contributed by atoms with van der Waals surface area (Å²) in [6.07, 6.45) is 6.58. The molecule has 6 nitrogen and oxygen atoms in total. The summed E-state index contributed by atoms with van der Waals surface area (Å²) in [6.45, 7) is 3.80. The quantitative estimate of drug-likeness (QED) is 0.757. The molecule has 0 atom stereocenters. The number of amides is 1. The molecule has 0 radical (unpaired) electrons. The average Bonchev–Trinajstić information content (AvgIpc) is 2.99. The van der Waals surface area contributed by atoms with Crippen molar-refractivity contribution in [3.63, 3.8) is 0 Å². The second kappa shape index (κ2) is 7.61. The van der Waals surface area contributed by atoms with Crippen LogP contribution in [0.5, 0.6) is 0 Å². The predicted octanol–water partition coefficient (Wildman–Crippen LogP) is 2.40. The van der Waals surface area contributed by atoms with Gasteiger partial charge in [0.25, 0.3) is 0 Å². The van der Waals surface area contributed by atoms with E-state index in [9.17, 15) is 4.79 Å². The van der Waals surface area contributed by atoms with Crippen molar-refractivity contribution in [3.8, 4) is 0 Å². The fourth-order valence-electron chi connectivity index (χ4n) is 1.84. The van der Waals surface area contributed by atoms with Crippen LogP contribution < -0.4 is 5.32 Å². The first-order chi connectivity index (χ1) is 10.0. The molecule has 0 fully saturated rings. The van der Waals surface area contributed by atoms with E-state index in [0.717, 1.165) is 23.1 Å². The lowest BCUT2D eigenvalue weighted by atomic mass is 10.3. The molecule has 0 spiro atoms. The van der Waals surface area contributed by atoms with Gasteiger partial charge in [-0.2, -0.15) is 10.2 Å². The highest BCUT2D eigenvalue weighted by Crippen LogP contribution is 2.12. The minimum absolute atomic E-state index is 0.0244. The fourth-order valence-corrected chi connectivity index (χ4v) is 2.32. The molecule has 0 aliphatic rings. The van der Waals surface area contributed by atoms with Gasteiger partial charge in [0, 0.05) is 38.4 Å². The van der Waals surface area contributed by atoms with Crippen LogP contribution >= 0.6 is 27.5 Å². The van der Waals surface area contributed by atoms with Crippen molar-refractivity contribution in [2.45, 2.75) is 32.9 Å². The first-order valence-electron chi connectivity index (χ1n) is 6.69. The molecule has 0 unspecified atom stereocenters. The monoisotopic (exact) mass is 373 g/mol. The molecule has 2 rings (SSSR count). The van der Waals surface area contributed by atoms with Crippen LogP contribution in [0.1, 0.15) is 18.5 Å². The van der Waals surface area contributed by atoms with E-state index in [0.29, 0.717) is 24.5 Å². The van der Waals surface area contributed by atoms with Crippen LogP contribution in [0.25, 0.3) is 0 Å². The molecule has 0 saturated carbocycles. The summed E-state index contributed by atoms with van der Waals surface area (Å²) in [5.74, 6) is 0.0244. The van der Waals surface area contributed by atoms with Gasteiger partial charge in [-0.25, -0.2) is 0 Å². The molecule has 0 bridgehead atoms. The van der Waals surface area contributed by atoms with Crippen molar-refractivity contribution >= 4 is 33.4 Å². The molecular weight excluding hydrogens is 358 g/mol. The van der Waals surface area contributed by atoms with Crippen molar-refractivity contribution in [1.29, 1.82) is 0 Å². The molecule has 1 N–H and O–H groups in total. The molecule has 0 aromatic carbocycles. The van der Waals surface area contributed by atoms with Crippen LogP contribution in [0, 0.1) is 6.92 Å². The third kappa shape index (κ3) is 5.17. The third-order valence-electron chi connectivity index (χ3n) is 2.94. The Balaban J connectivity index is 1.61. The number of hydrogen-bond donors (Lipinski definition) is 1. The van der Waals surface area contributed by atoms with Gasteiger partial charge in [0.2, 0.25) is 5.91 Å². The lowest BCUT2D eigenvalue weighted by Crippen LogP contribution is -2.26. The Morgan fingerprint density at radius 1 is 1.38 bits per heavy atom. The number of nitrogens with one attached hydrogen (secondary N) is 1. The minimum atomic E-state index is 0.0244. The maximum absolute atomic E-state index is 11.7. The number of halogens is 2. The highest BCUT2D eigenvalue weighted by atomic mass is 79.9. The molecular formula is C13H17BrClN5O. The van der Waals surface area contributed by atoms with Gasteiger partial charge >= 0.3 is 0 Å². The van der Waals surface area contributed by atoms with Crippen molar-refractivity contribution in [3.05, 3.63) is 33.8 Å². The maximum atomic E-state index is 11.7. The van der Waals surface area contributed by atoms with E-state index in [2.05, 4.69) is 31.4 Å². The Bertz CT molecular complexity index is 590. The van der Waals surface area contributed by atoms with E-state index in [1.807, 2.05) is 13.1 Å². The van der Waals surface area contributed by atoms with E-state index in [1.165, 1.54) is 0 Å². The Morgan fingerprint density at radius 2 is 2.19 bits per heavy atom. The van der Waals surface area contributed by atoms with Gasteiger partial charge in [0.05, 0.1) is 21.4 Å². The average molecular weight is 375 g/mol. The number of hydrogen-bond acceptors (Lipinski definition) is 3. The first-order valence-corrected chi connectivity index (χ1v) is 7.86. The van der Waals surface area contributed by atoms with Gasteiger partial charge in [0.15, 0.2) is 0 Å². The van der Waals surface area contributed by atoms with E-state index in [-0.39, 0.29) is 5.91 Å². The summed E-state index contributed by atoms with van der Waals surface area (Å²) in [5, 5.41) is 11.9. The highest BCUT2D eigenvalue weighted by Gasteiger charge is 2.04. The van der Waals surface area contributed by atoms with Crippen LogP contribution in [-0.2, 0) is 17.9 Å². The molecule has 1 amide bonds. The summed E-state index contributed by atoms with van der Waals surface area (Å²) in [4.78, 5) is 11.7. The van der Waals surface area contributed by atoms with E-state index >= 15 is 0 Å². The van der Waals surface area contributed by atoms with Gasteiger partial charge in [-0.05, 0) is 29.3 Å². The van der Waals surface area contributed by atoms with E-state index in [4.69, 9.17) is 11.6 Å². The zero-order chi connectivity index (χ0) is 15.2. The van der Waals surface area contributed by atoms with Crippen LogP contribution in [0.3, 0.4) is 0 Å². The molecule has 2 heterocycles. The van der Waals surface area contributed by atoms with Gasteiger partial charge in [-0.15, -0.1) is 0 Å². The first kappa shape index (κ1) is 16.0. The molecule has 0 aliphatic carbocycles. The van der Waals surface area contributed by atoms with Crippen LogP contribution in [0.2, 0.25) is 5.02 Å². The molecule has 114 valence electrons. The zero-order valence-corrected chi connectivity index (χ0v) is 14.1. The Hall–Kier alpha value is -1.34. The Kier molecular flexibility index (Phi) is 5.81. The summed E-state index contributed by atoms with van der Waals surface area (Å²) in [5.41, 5.74) is 0.825. The van der Waals surface area contributed by atoms with Gasteiger partial charge < -0.3 is 5.32 Å². The smallest absolute Gasteiger partial charge is 0.221 e. The van der Waals surface area contributed by atoms with Crippen molar-refractivity contribution < 1.29 is 4.79 Å². The topological polar surface area (TPSA) is 64.7 Å². The number of aryl methyl sites for hydroxylation is 3. The maximum Gasteiger partial charge on any atom is 0.221 e. The summed E-state index contributed by atoms with van der Waals surface area (Å²) in [7, 11) is 0. The minimum Gasteiger partial charge on any atom is -0.356 e. The van der Waals surface area contributed by atoms with Crippen LogP contribution in [-0.4, -0.2) is 32.0 Å². The van der Waals surface area contributed by atoms with Crippen LogP contribution in [0.15, 0.2) is 23.1 Å². The Morgan fingerprint density at radius 3 is 2.81 bits per heavy atom. The molecule has 2 aromatic heterocycles. The Labute approximate surface area is 136 Å². The highest BCUT2D eigenvalue weighted by molar-refractivity contribution is 9.10.